The summed E-state index contributed by atoms with van der Waals surface area (Å²) >= 11 is 4.70. The standard InChI is InChI=1S/C36H26I2N2/c37-29-15-23-35(24-16-29)39(31-7-3-1-4-8-31)33-19-11-27(12-20-33)28-13-21-34(22-14-28)40(32-9-5-2-6-10-32)36-25-17-30(38)18-26-36/h1-26H. The topological polar surface area (TPSA) is 6.48 Å². The van der Waals surface area contributed by atoms with Crippen LogP contribution in [-0.4, -0.2) is 0 Å². The van der Waals surface area contributed by atoms with Gasteiger partial charge >= 0.3 is 0 Å². The van der Waals surface area contributed by atoms with Crippen LogP contribution in [-0.2, 0) is 0 Å². The zero-order valence-electron chi connectivity index (χ0n) is 21.7. The van der Waals surface area contributed by atoms with Gasteiger partial charge in [-0.25, -0.2) is 0 Å². The van der Waals surface area contributed by atoms with Crippen molar-refractivity contribution >= 4 is 79.3 Å². The smallest absolute Gasteiger partial charge is 0.0462 e. The fourth-order valence-corrected chi connectivity index (χ4v) is 5.55. The highest BCUT2D eigenvalue weighted by molar-refractivity contribution is 14.1. The lowest BCUT2D eigenvalue weighted by Gasteiger charge is -2.26. The van der Waals surface area contributed by atoms with Gasteiger partial charge in [0.25, 0.3) is 0 Å². The van der Waals surface area contributed by atoms with E-state index in [2.05, 4.69) is 213 Å². The van der Waals surface area contributed by atoms with E-state index in [1.165, 1.54) is 18.3 Å². The first kappa shape index (κ1) is 26.6. The van der Waals surface area contributed by atoms with Crippen LogP contribution in [0.3, 0.4) is 0 Å². The third-order valence-electron chi connectivity index (χ3n) is 6.78. The zero-order chi connectivity index (χ0) is 27.3. The molecule has 0 aromatic heterocycles. The van der Waals surface area contributed by atoms with E-state index >= 15 is 0 Å². The maximum atomic E-state index is 2.35. The molecule has 0 saturated heterocycles. The molecular formula is C36H26I2N2. The van der Waals surface area contributed by atoms with E-state index in [-0.39, 0.29) is 0 Å². The van der Waals surface area contributed by atoms with Gasteiger partial charge in [0, 0.05) is 41.3 Å². The van der Waals surface area contributed by atoms with Gasteiger partial charge < -0.3 is 9.80 Å². The summed E-state index contributed by atoms with van der Waals surface area (Å²) in [5.41, 5.74) is 9.18. The summed E-state index contributed by atoms with van der Waals surface area (Å²) in [6.07, 6.45) is 0. The molecule has 0 aliphatic rings. The summed E-state index contributed by atoms with van der Waals surface area (Å²) in [6, 6.07) is 56.0. The quantitative estimate of drug-likeness (QED) is 0.150. The molecule has 6 aromatic rings. The molecule has 40 heavy (non-hydrogen) atoms. The minimum atomic E-state index is 1.13. The van der Waals surface area contributed by atoms with Gasteiger partial charge in [-0.05, 0) is 153 Å². The molecule has 0 spiro atoms. The van der Waals surface area contributed by atoms with E-state index in [0.717, 1.165) is 34.1 Å². The van der Waals surface area contributed by atoms with Crippen LogP contribution in [0.1, 0.15) is 0 Å². The van der Waals surface area contributed by atoms with E-state index in [0.29, 0.717) is 0 Å². The second kappa shape index (κ2) is 12.3. The number of nitrogens with zero attached hydrogens (tertiary/aromatic N) is 2. The van der Waals surface area contributed by atoms with Gasteiger partial charge in [0.1, 0.15) is 0 Å². The fraction of sp³-hybridized carbons (Fsp3) is 0. The number of hydrogen-bond acceptors (Lipinski definition) is 2. The van der Waals surface area contributed by atoms with Gasteiger partial charge in [-0.2, -0.15) is 0 Å². The Hall–Kier alpha value is -3.62. The predicted molar refractivity (Wildman–Crippen MR) is 187 cm³/mol. The summed E-state index contributed by atoms with van der Waals surface area (Å²) in [7, 11) is 0. The normalized spacial score (nSPS) is 10.8. The Balaban J connectivity index is 1.31. The Morgan fingerprint density at radius 2 is 0.525 bits per heavy atom. The lowest BCUT2D eigenvalue weighted by atomic mass is 10.0. The van der Waals surface area contributed by atoms with Crippen LogP contribution < -0.4 is 9.80 Å². The van der Waals surface area contributed by atoms with Crippen molar-refractivity contribution in [2.75, 3.05) is 9.80 Å². The summed E-state index contributed by atoms with van der Waals surface area (Å²) in [5, 5.41) is 0. The van der Waals surface area contributed by atoms with Crippen molar-refractivity contribution in [3.05, 3.63) is 165 Å². The molecule has 0 saturated carbocycles. The van der Waals surface area contributed by atoms with Gasteiger partial charge in [-0.1, -0.05) is 60.7 Å². The fourth-order valence-electron chi connectivity index (χ4n) is 4.83. The van der Waals surface area contributed by atoms with Crippen molar-refractivity contribution in [2.45, 2.75) is 0 Å². The Labute approximate surface area is 263 Å². The SMILES string of the molecule is Ic1ccc(N(c2ccccc2)c2ccc(-c3ccc(N(c4ccccc4)c4ccc(I)cc4)cc3)cc2)cc1. The molecule has 0 aliphatic heterocycles. The number of benzene rings is 6. The Bertz CT molecular complexity index is 1540. The third kappa shape index (κ3) is 5.93. The molecule has 0 aliphatic carbocycles. The molecule has 0 N–H and O–H groups in total. The minimum absolute atomic E-state index is 1.13. The van der Waals surface area contributed by atoms with Gasteiger partial charge in [0.15, 0.2) is 0 Å². The minimum Gasteiger partial charge on any atom is -0.311 e. The van der Waals surface area contributed by atoms with Crippen LogP contribution in [0.15, 0.2) is 158 Å². The van der Waals surface area contributed by atoms with Crippen molar-refractivity contribution < 1.29 is 0 Å². The van der Waals surface area contributed by atoms with Crippen LogP contribution >= 0.6 is 45.2 Å². The van der Waals surface area contributed by atoms with E-state index < -0.39 is 0 Å². The first-order valence-electron chi connectivity index (χ1n) is 13.1. The highest BCUT2D eigenvalue weighted by Gasteiger charge is 2.14. The summed E-state index contributed by atoms with van der Waals surface area (Å²) in [4.78, 5) is 4.59. The van der Waals surface area contributed by atoms with Gasteiger partial charge in [0.05, 0.1) is 0 Å². The first-order chi connectivity index (χ1) is 19.7. The average Bonchev–Trinajstić information content (AvgIpc) is 3.01. The van der Waals surface area contributed by atoms with Gasteiger partial charge in [-0.15, -0.1) is 0 Å². The highest BCUT2D eigenvalue weighted by Crippen LogP contribution is 2.38. The number of halogens is 2. The zero-order valence-corrected chi connectivity index (χ0v) is 26.0. The molecule has 194 valence electrons. The molecule has 0 bridgehead atoms. The molecule has 6 rings (SSSR count). The largest absolute Gasteiger partial charge is 0.311 e. The summed E-state index contributed by atoms with van der Waals surface area (Å²) in [5.74, 6) is 0. The van der Waals surface area contributed by atoms with Crippen molar-refractivity contribution in [2.24, 2.45) is 0 Å². The van der Waals surface area contributed by atoms with Crippen molar-refractivity contribution in [1.82, 2.24) is 0 Å². The Morgan fingerprint density at radius 3 is 0.825 bits per heavy atom. The molecular weight excluding hydrogens is 714 g/mol. The first-order valence-corrected chi connectivity index (χ1v) is 15.2. The number of hydrogen-bond donors (Lipinski definition) is 0. The third-order valence-corrected chi connectivity index (χ3v) is 8.22. The molecule has 0 heterocycles. The van der Waals surface area contributed by atoms with Crippen LogP contribution in [0, 0.1) is 7.14 Å². The van der Waals surface area contributed by atoms with Crippen molar-refractivity contribution in [1.29, 1.82) is 0 Å². The van der Waals surface area contributed by atoms with Crippen LogP contribution in [0.5, 0.6) is 0 Å². The van der Waals surface area contributed by atoms with Crippen LogP contribution in [0.2, 0.25) is 0 Å². The van der Waals surface area contributed by atoms with Crippen LogP contribution in [0.25, 0.3) is 11.1 Å². The number of anilines is 6. The Morgan fingerprint density at radius 1 is 0.275 bits per heavy atom. The second-order valence-electron chi connectivity index (χ2n) is 9.39. The molecule has 2 nitrogen and oxygen atoms in total. The molecule has 0 radical (unpaired) electrons. The molecule has 6 aromatic carbocycles. The van der Waals surface area contributed by atoms with E-state index in [9.17, 15) is 0 Å². The lowest BCUT2D eigenvalue weighted by Crippen LogP contribution is -2.10. The monoisotopic (exact) mass is 740 g/mol. The van der Waals surface area contributed by atoms with Crippen molar-refractivity contribution in [3.8, 4) is 11.1 Å². The maximum Gasteiger partial charge on any atom is 0.0462 e. The molecule has 4 heteroatoms. The molecule has 0 amide bonds. The second-order valence-corrected chi connectivity index (χ2v) is 11.9. The number of para-hydroxylation sites is 2. The molecule has 0 fully saturated rings. The Kier molecular flexibility index (Phi) is 8.16. The van der Waals surface area contributed by atoms with E-state index in [1.807, 2.05) is 0 Å². The van der Waals surface area contributed by atoms with E-state index in [1.54, 1.807) is 0 Å². The lowest BCUT2D eigenvalue weighted by molar-refractivity contribution is 1.28. The predicted octanol–water partition coefficient (Wildman–Crippen LogP) is 11.5. The van der Waals surface area contributed by atoms with Gasteiger partial charge in [0.2, 0.25) is 0 Å². The maximum absolute atomic E-state index is 2.35. The summed E-state index contributed by atoms with van der Waals surface area (Å²) < 4.78 is 2.45. The molecule has 0 unspecified atom stereocenters. The average molecular weight is 740 g/mol. The van der Waals surface area contributed by atoms with Crippen LogP contribution in [0.4, 0.5) is 34.1 Å². The number of rotatable bonds is 7. The molecule has 0 atom stereocenters. The highest BCUT2D eigenvalue weighted by atomic mass is 127. The van der Waals surface area contributed by atoms with Gasteiger partial charge in [-0.3, -0.25) is 0 Å². The van der Waals surface area contributed by atoms with Crippen molar-refractivity contribution in [3.63, 3.8) is 0 Å². The summed E-state index contributed by atoms with van der Waals surface area (Å²) in [6.45, 7) is 0. The van der Waals surface area contributed by atoms with E-state index in [4.69, 9.17) is 0 Å².